The second-order valence-corrected chi connectivity index (χ2v) is 11.1. The summed E-state index contributed by atoms with van der Waals surface area (Å²) >= 11 is 0. The number of nitrogens with zero attached hydrogens (tertiary/aromatic N) is 7. The lowest BCUT2D eigenvalue weighted by Crippen LogP contribution is -2.23. The first-order chi connectivity index (χ1) is 23.5. The van der Waals surface area contributed by atoms with E-state index in [4.69, 9.17) is 0 Å². The molecule has 5 aromatic carbocycles. The molecule has 234 valence electrons. The van der Waals surface area contributed by atoms with Crippen molar-refractivity contribution >= 4 is 50.0 Å². The van der Waals surface area contributed by atoms with Crippen molar-refractivity contribution in [3.05, 3.63) is 145 Å². The highest BCUT2D eigenvalue weighted by Gasteiger charge is 2.17. The van der Waals surface area contributed by atoms with Crippen molar-refractivity contribution in [3.8, 4) is 17.2 Å². The molecule has 7 rings (SSSR count). The number of phenols is 3. The molecule has 48 heavy (non-hydrogen) atoms. The first kappa shape index (κ1) is 30.0. The Morgan fingerprint density at radius 1 is 0.521 bits per heavy atom. The molecule has 0 saturated heterocycles. The lowest BCUT2D eigenvalue weighted by molar-refractivity contribution is 0.475. The van der Waals surface area contributed by atoms with Crippen LogP contribution in [-0.4, -0.2) is 25.3 Å². The summed E-state index contributed by atoms with van der Waals surface area (Å²) in [5.74, 6) is -0.0266. The molecule has 2 heterocycles. The Kier molecular flexibility index (Phi) is 8.35. The third-order valence-corrected chi connectivity index (χ3v) is 7.82. The number of aromatic hydroxyl groups is 3. The first-order valence-electron chi connectivity index (χ1n) is 15.2. The Bertz CT molecular complexity index is 2250. The highest BCUT2D eigenvalue weighted by molar-refractivity contribution is 5.96. The van der Waals surface area contributed by atoms with Gasteiger partial charge in [0.05, 0.1) is 35.9 Å². The van der Waals surface area contributed by atoms with Crippen LogP contribution in [0.3, 0.4) is 0 Å². The number of phenolic OH excluding ortho intramolecular Hbond substituents is 3. The van der Waals surface area contributed by atoms with E-state index in [2.05, 4.69) is 35.3 Å². The molecular weight excluding hydrogens is 602 g/mol. The van der Waals surface area contributed by atoms with Gasteiger partial charge in [-0.25, -0.2) is 0 Å². The molecule has 0 fully saturated rings. The minimum atomic E-state index is -0.0838. The van der Waals surface area contributed by atoms with Crippen LogP contribution in [0.5, 0.6) is 17.2 Å². The number of hydrogen-bond acceptors (Lipinski definition) is 10. The molecule has 0 bridgehead atoms. The molecule has 10 heteroatoms. The monoisotopic (exact) mass is 631 g/mol. The molecule has 0 aliphatic heterocycles. The quantitative estimate of drug-likeness (QED) is 0.136. The molecule has 0 aliphatic carbocycles. The van der Waals surface area contributed by atoms with Gasteiger partial charge in [-0.1, -0.05) is 54.6 Å². The summed E-state index contributed by atoms with van der Waals surface area (Å²) in [6.45, 7) is 0.885. The van der Waals surface area contributed by atoms with Gasteiger partial charge in [0.25, 0.3) is 0 Å². The van der Waals surface area contributed by atoms with E-state index in [1.165, 1.54) is 0 Å². The molecule has 3 N–H and O–H groups in total. The van der Waals surface area contributed by atoms with E-state index in [0.717, 1.165) is 27.5 Å². The fourth-order valence-corrected chi connectivity index (χ4v) is 5.47. The number of fused-ring (bicyclic) bond motifs is 2. The maximum absolute atomic E-state index is 10.8. The maximum atomic E-state index is 10.8. The van der Waals surface area contributed by atoms with E-state index >= 15 is 0 Å². The summed E-state index contributed by atoms with van der Waals surface area (Å²) in [5, 5.41) is 52.7. The number of pyridine rings is 2. The number of anilines is 1. The number of azo groups is 2. The minimum Gasteiger partial charge on any atom is -0.508 e. The van der Waals surface area contributed by atoms with Gasteiger partial charge >= 0.3 is 0 Å². The fourth-order valence-electron chi connectivity index (χ4n) is 5.47. The molecule has 0 amide bonds. The van der Waals surface area contributed by atoms with Crippen LogP contribution < -0.4 is 4.90 Å². The van der Waals surface area contributed by atoms with Crippen LogP contribution in [0.4, 0.5) is 28.4 Å². The van der Waals surface area contributed by atoms with Gasteiger partial charge in [-0.15, -0.1) is 15.3 Å². The van der Waals surface area contributed by atoms with Gasteiger partial charge in [0.15, 0.2) is 0 Å². The summed E-state index contributed by atoms with van der Waals surface area (Å²) in [7, 11) is 0. The summed E-state index contributed by atoms with van der Waals surface area (Å²) in [5.41, 5.74) is 3.87. The predicted octanol–water partition coefficient (Wildman–Crippen LogP) is 9.94. The maximum Gasteiger partial charge on any atom is 0.143 e. The van der Waals surface area contributed by atoms with Crippen LogP contribution in [0.1, 0.15) is 11.4 Å². The molecule has 0 radical (unpaired) electrons. The van der Waals surface area contributed by atoms with Gasteiger partial charge < -0.3 is 20.2 Å². The lowest BCUT2D eigenvalue weighted by atomic mass is 10.1. The highest BCUT2D eigenvalue weighted by atomic mass is 16.3. The smallest absolute Gasteiger partial charge is 0.143 e. The van der Waals surface area contributed by atoms with Gasteiger partial charge in [0.2, 0.25) is 0 Å². The van der Waals surface area contributed by atoms with E-state index in [1.54, 1.807) is 54.9 Å². The average molecular weight is 632 g/mol. The normalized spacial score (nSPS) is 11.6. The number of hydrogen-bond donors (Lipinski definition) is 3. The van der Waals surface area contributed by atoms with Crippen LogP contribution >= 0.6 is 0 Å². The van der Waals surface area contributed by atoms with E-state index in [0.29, 0.717) is 41.2 Å². The Morgan fingerprint density at radius 2 is 1.12 bits per heavy atom. The summed E-state index contributed by atoms with van der Waals surface area (Å²) in [6.07, 6.45) is 3.50. The van der Waals surface area contributed by atoms with Gasteiger partial charge in [0.1, 0.15) is 34.3 Å². The fraction of sp³-hybridized carbons (Fsp3) is 0.0526. The van der Waals surface area contributed by atoms with E-state index in [9.17, 15) is 15.3 Å². The predicted molar refractivity (Wildman–Crippen MR) is 186 cm³/mol. The van der Waals surface area contributed by atoms with Crippen LogP contribution in [-0.2, 0) is 13.1 Å². The van der Waals surface area contributed by atoms with Crippen molar-refractivity contribution in [2.24, 2.45) is 20.5 Å². The molecule has 0 spiro atoms. The Hall–Kier alpha value is -6.68. The minimum absolute atomic E-state index is 0.0144. The van der Waals surface area contributed by atoms with Crippen LogP contribution in [0.2, 0.25) is 0 Å². The Morgan fingerprint density at radius 3 is 1.81 bits per heavy atom. The van der Waals surface area contributed by atoms with Crippen molar-refractivity contribution in [1.29, 1.82) is 0 Å². The Labute approximate surface area is 275 Å². The molecule has 0 aliphatic rings. The molecule has 0 saturated carbocycles. The van der Waals surface area contributed by atoms with Gasteiger partial charge in [0, 0.05) is 23.2 Å². The van der Waals surface area contributed by atoms with Gasteiger partial charge in [-0.3, -0.25) is 9.97 Å². The molecular formula is C38H29N7O3. The first-order valence-corrected chi connectivity index (χ1v) is 15.2. The third-order valence-electron chi connectivity index (χ3n) is 7.82. The highest BCUT2D eigenvalue weighted by Crippen LogP contribution is 2.41. The van der Waals surface area contributed by atoms with Crippen molar-refractivity contribution in [2.45, 2.75) is 13.1 Å². The largest absolute Gasteiger partial charge is 0.508 e. The summed E-state index contributed by atoms with van der Waals surface area (Å²) in [4.78, 5) is 11.2. The molecule has 2 aromatic heterocycles. The van der Waals surface area contributed by atoms with E-state index in [-0.39, 0.29) is 22.9 Å². The molecule has 0 atom stereocenters. The third kappa shape index (κ3) is 6.49. The van der Waals surface area contributed by atoms with E-state index < -0.39 is 0 Å². The van der Waals surface area contributed by atoms with Crippen molar-refractivity contribution < 1.29 is 15.3 Å². The second kappa shape index (κ2) is 13.4. The summed E-state index contributed by atoms with van der Waals surface area (Å²) in [6, 6.07) is 36.2. The standard InChI is InChI=1S/C38H29N7O3/c46-30-15-11-26-13-18-36(48)38(32(26)22-30)44-42-33-21-27(41-43-37-31-10-2-1-7-25(31)12-17-35(37)47)14-16-34(33)45(23-28-8-3-5-19-39-28)24-29-9-4-6-20-40-29/h1-22,46-48H,23-24H2. The number of rotatable bonds is 9. The topological polar surface area (TPSA) is 139 Å². The van der Waals surface area contributed by atoms with Crippen LogP contribution in [0, 0.1) is 0 Å². The lowest BCUT2D eigenvalue weighted by Gasteiger charge is -2.25. The van der Waals surface area contributed by atoms with Crippen LogP contribution in [0.15, 0.2) is 154 Å². The summed E-state index contributed by atoms with van der Waals surface area (Å²) < 4.78 is 0. The van der Waals surface area contributed by atoms with Crippen molar-refractivity contribution in [2.75, 3.05) is 4.90 Å². The van der Waals surface area contributed by atoms with Gasteiger partial charge in [-0.2, -0.15) is 5.11 Å². The van der Waals surface area contributed by atoms with Crippen LogP contribution in [0.25, 0.3) is 21.5 Å². The zero-order valence-corrected chi connectivity index (χ0v) is 25.6. The molecule has 7 aromatic rings. The SMILES string of the molecule is Oc1ccc2ccc(O)c(N=Nc3cc(N=Nc4c(O)ccc5ccccc45)ccc3N(Cc3ccccn3)Cc3ccccn3)c2c1. The zero-order valence-electron chi connectivity index (χ0n) is 25.6. The van der Waals surface area contributed by atoms with E-state index in [1.807, 2.05) is 78.9 Å². The number of aromatic nitrogens is 2. The number of benzene rings is 5. The van der Waals surface area contributed by atoms with Gasteiger partial charge in [-0.05, 0) is 77.5 Å². The van der Waals surface area contributed by atoms with Crippen molar-refractivity contribution in [3.63, 3.8) is 0 Å². The second-order valence-electron chi connectivity index (χ2n) is 11.1. The molecule has 0 unspecified atom stereocenters. The van der Waals surface area contributed by atoms with Crippen molar-refractivity contribution in [1.82, 2.24) is 9.97 Å². The molecule has 10 nitrogen and oxygen atoms in total. The average Bonchev–Trinajstić information content (AvgIpc) is 3.11. The Balaban J connectivity index is 1.35. The zero-order chi connectivity index (χ0) is 32.9.